The Morgan fingerprint density at radius 3 is 2.30 bits per heavy atom. The van der Waals surface area contributed by atoms with Gasteiger partial charge in [-0.05, 0) is 60.8 Å². The third-order valence-electron chi connectivity index (χ3n) is 7.12. The van der Waals surface area contributed by atoms with Crippen molar-refractivity contribution in [1.29, 1.82) is 0 Å². The van der Waals surface area contributed by atoms with Gasteiger partial charge in [0.25, 0.3) is 0 Å². The zero-order valence-electron chi connectivity index (χ0n) is 22.6. The monoisotopic (exact) mass is 604 g/mol. The van der Waals surface area contributed by atoms with Crippen LogP contribution in [0.3, 0.4) is 0 Å². The van der Waals surface area contributed by atoms with Gasteiger partial charge in [-0.1, -0.05) is 53.5 Å². The quantitative estimate of drug-likeness (QED) is 0.151. The molecule has 1 aliphatic carbocycles. The van der Waals surface area contributed by atoms with Crippen molar-refractivity contribution in [1.82, 2.24) is 0 Å². The number of hydrogen-bond acceptors (Lipinski definition) is 4. The lowest BCUT2D eigenvalue weighted by Crippen LogP contribution is -2.50. The number of ether oxygens (including phenoxy) is 2. The van der Waals surface area contributed by atoms with E-state index >= 15 is 0 Å². The predicted octanol–water partition coefficient (Wildman–Crippen LogP) is 6.53. The van der Waals surface area contributed by atoms with Crippen LogP contribution in [0.1, 0.15) is 42.4 Å². The van der Waals surface area contributed by atoms with E-state index in [-0.39, 0.29) is 35.4 Å². The molecule has 0 bridgehead atoms. The lowest BCUT2D eigenvalue weighted by atomic mass is 10.0. The minimum absolute atomic E-state index is 0.0493. The highest BCUT2D eigenvalue weighted by molar-refractivity contribution is 6.43. The Morgan fingerprint density at radius 2 is 1.70 bits per heavy atom. The van der Waals surface area contributed by atoms with Gasteiger partial charge in [0.1, 0.15) is 23.9 Å². The number of benzene rings is 2. The van der Waals surface area contributed by atoms with Gasteiger partial charge in [-0.2, -0.15) is 13.2 Å². The van der Waals surface area contributed by atoms with Crippen LogP contribution in [-0.2, 0) is 33.6 Å². The highest BCUT2D eigenvalue weighted by atomic mass is 35.5. The number of carboxylic acid groups (broad SMARTS) is 1. The molecule has 0 heterocycles. The first-order chi connectivity index (χ1) is 18.7. The second-order valence-electron chi connectivity index (χ2n) is 11.0. The number of quaternary nitrogens is 1. The van der Waals surface area contributed by atoms with Crippen LogP contribution in [0.25, 0.3) is 0 Å². The van der Waals surface area contributed by atoms with Gasteiger partial charge < -0.3 is 19.1 Å². The molecule has 1 aliphatic rings. The first-order valence-corrected chi connectivity index (χ1v) is 14.0. The Balaban J connectivity index is 1.62. The number of carboxylic acids is 1. The van der Waals surface area contributed by atoms with Crippen LogP contribution in [0.4, 0.5) is 13.2 Å². The molecule has 0 aromatic heterocycles. The summed E-state index contributed by atoms with van der Waals surface area (Å²) >= 11 is 12.8. The van der Waals surface area contributed by atoms with E-state index in [1.807, 2.05) is 26.2 Å². The first kappa shape index (κ1) is 32.0. The first-order valence-electron chi connectivity index (χ1n) is 13.2. The SMILES string of the molecule is C[N+](C)(CCC1Cc2ccccc2C1)C[C@H](COc1ccc(CCCCC(=O)O)c(Cl)c1Cl)OC(=O)C(F)(F)F. The molecule has 220 valence electrons. The Kier molecular flexibility index (Phi) is 11.1. The molecule has 6 nitrogen and oxygen atoms in total. The average molecular weight is 606 g/mol. The molecular formula is C29H35Cl2F3NO5+. The zero-order valence-corrected chi connectivity index (χ0v) is 24.1. The molecule has 0 unspecified atom stereocenters. The van der Waals surface area contributed by atoms with Crippen LogP contribution in [0.15, 0.2) is 36.4 Å². The number of aryl methyl sites for hydroxylation is 1. The van der Waals surface area contributed by atoms with Crippen molar-refractivity contribution in [2.45, 2.75) is 57.2 Å². The topological polar surface area (TPSA) is 72.8 Å². The number of hydrogen-bond donors (Lipinski definition) is 1. The summed E-state index contributed by atoms with van der Waals surface area (Å²) in [5, 5.41) is 9.09. The highest BCUT2D eigenvalue weighted by Gasteiger charge is 2.43. The number of unbranched alkanes of at least 4 members (excludes halogenated alkanes) is 1. The van der Waals surface area contributed by atoms with Gasteiger partial charge in [-0.25, -0.2) is 4.79 Å². The number of nitrogens with zero attached hydrogens (tertiary/aromatic N) is 1. The van der Waals surface area contributed by atoms with Crippen LogP contribution in [0.5, 0.6) is 5.75 Å². The summed E-state index contributed by atoms with van der Waals surface area (Å²) in [6.07, 6.45) is -1.86. The predicted molar refractivity (Wildman–Crippen MR) is 147 cm³/mol. The number of halogens is 5. The van der Waals surface area contributed by atoms with Crippen LogP contribution in [-0.4, -0.2) is 67.6 Å². The summed E-state index contributed by atoms with van der Waals surface area (Å²) in [4.78, 5) is 22.4. The second-order valence-corrected chi connectivity index (χ2v) is 11.7. The Morgan fingerprint density at radius 1 is 1.05 bits per heavy atom. The normalized spacial score (nSPS) is 14.6. The summed E-state index contributed by atoms with van der Waals surface area (Å²) in [6.45, 7) is 0.447. The number of fused-ring (bicyclic) bond motifs is 1. The minimum atomic E-state index is -5.13. The van der Waals surface area contributed by atoms with E-state index in [0.717, 1.165) is 19.3 Å². The molecule has 1 atom stereocenters. The molecule has 0 radical (unpaired) electrons. The lowest BCUT2D eigenvalue weighted by molar-refractivity contribution is -0.893. The van der Waals surface area contributed by atoms with E-state index < -0.39 is 24.2 Å². The maximum absolute atomic E-state index is 13.0. The standard InChI is InChI=1S/C29H34Cl2F3NO5/c1-35(2,14-13-19-15-21-8-3-4-9-22(21)16-19)17-23(40-28(38)29(32,33)34)18-39-24-12-11-20(26(30)27(24)31)7-5-6-10-25(36)37/h3-4,8-9,11-12,19,23H,5-7,10,13-18H2,1-2H3/p+1/t23-/m1/s1. The van der Waals surface area contributed by atoms with Gasteiger partial charge >= 0.3 is 18.1 Å². The number of esters is 1. The number of likely N-dealkylation sites (N-methyl/N-ethyl adjacent to an activating group) is 1. The smallest absolute Gasteiger partial charge is 0.488 e. The van der Waals surface area contributed by atoms with Gasteiger partial charge in [0, 0.05) is 12.8 Å². The zero-order chi connectivity index (χ0) is 29.5. The third-order valence-corrected chi connectivity index (χ3v) is 8.02. The number of alkyl halides is 3. The van der Waals surface area contributed by atoms with E-state index in [1.54, 1.807) is 12.1 Å². The summed E-state index contributed by atoms with van der Waals surface area (Å²) < 4.78 is 50.0. The maximum atomic E-state index is 13.0. The van der Waals surface area contributed by atoms with Gasteiger partial charge in [-0.15, -0.1) is 0 Å². The maximum Gasteiger partial charge on any atom is 0.490 e. The lowest BCUT2D eigenvalue weighted by Gasteiger charge is -2.34. The van der Waals surface area contributed by atoms with Gasteiger partial charge in [-0.3, -0.25) is 4.79 Å². The fraction of sp³-hybridized carbons (Fsp3) is 0.517. The van der Waals surface area contributed by atoms with Gasteiger partial charge in [0.2, 0.25) is 0 Å². The molecule has 0 spiro atoms. The Bertz CT molecular complexity index is 1160. The molecule has 0 saturated carbocycles. The largest absolute Gasteiger partial charge is 0.490 e. The molecular weight excluding hydrogens is 570 g/mol. The number of carbonyl (C=O) groups is 2. The summed E-state index contributed by atoms with van der Waals surface area (Å²) in [5.74, 6) is -2.54. The molecule has 0 fully saturated rings. The highest BCUT2D eigenvalue weighted by Crippen LogP contribution is 2.36. The van der Waals surface area contributed by atoms with Gasteiger partial charge in [0.15, 0.2) is 6.10 Å². The van der Waals surface area contributed by atoms with Crippen molar-refractivity contribution >= 4 is 35.1 Å². The van der Waals surface area contributed by atoms with Crippen molar-refractivity contribution in [3.8, 4) is 5.75 Å². The number of carbonyl (C=O) groups excluding carboxylic acids is 1. The van der Waals surface area contributed by atoms with E-state index in [1.165, 1.54) is 11.1 Å². The molecule has 3 rings (SSSR count). The molecule has 0 amide bonds. The Hall–Kier alpha value is -2.49. The van der Waals surface area contributed by atoms with Crippen molar-refractivity contribution in [2.75, 3.05) is 33.8 Å². The fourth-order valence-electron chi connectivity index (χ4n) is 5.02. The van der Waals surface area contributed by atoms with Gasteiger partial charge in [0.05, 0.1) is 25.7 Å². The molecule has 2 aromatic rings. The van der Waals surface area contributed by atoms with E-state index in [0.29, 0.717) is 41.8 Å². The molecule has 0 aliphatic heterocycles. The summed E-state index contributed by atoms with van der Waals surface area (Å²) in [5.41, 5.74) is 3.38. The fourth-order valence-corrected chi connectivity index (χ4v) is 5.51. The molecule has 40 heavy (non-hydrogen) atoms. The Labute approximate surface area is 242 Å². The average Bonchev–Trinajstić information content (AvgIpc) is 3.29. The van der Waals surface area contributed by atoms with Crippen LogP contribution < -0.4 is 4.74 Å². The van der Waals surface area contributed by atoms with Crippen molar-refractivity contribution in [2.24, 2.45) is 5.92 Å². The summed E-state index contributed by atoms with van der Waals surface area (Å²) in [6, 6.07) is 11.5. The molecule has 2 aromatic carbocycles. The molecule has 11 heteroatoms. The van der Waals surface area contributed by atoms with Crippen LogP contribution in [0, 0.1) is 5.92 Å². The van der Waals surface area contributed by atoms with Crippen LogP contribution in [0.2, 0.25) is 10.0 Å². The number of aliphatic carboxylic acids is 1. The van der Waals surface area contributed by atoms with E-state index in [2.05, 4.69) is 12.1 Å². The van der Waals surface area contributed by atoms with Crippen molar-refractivity contribution in [3.05, 3.63) is 63.1 Å². The molecule has 0 saturated heterocycles. The minimum Gasteiger partial charge on any atom is -0.488 e. The number of rotatable bonds is 14. The summed E-state index contributed by atoms with van der Waals surface area (Å²) in [7, 11) is 3.78. The second kappa shape index (κ2) is 13.9. The van der Waals surface area contributed by atoms with E-state index in [4.69, 9.17) is 37.8 Å². The van der Waals surface area contributed by atoms with Crippen molar-refractivity contribution < 1.29 is 41.8 Å². The third kappa shape index (κ3) is 9.56. The van der Waals surface area contributed by atoms with E-state index in [9.17, 15) is 22.8 Å². The van der Waals surface area contributed by atoms with Crippen molar-refractivity contribution in [3.63, 3.8) is 0 Å². The molecule has 1 N–H and O–H groups in total. The van der Waals surface area contributed by atoms with Crippen LogP contribution >= 0.6 is 23.2 Å².